The number of carboxylic acids is 1. The SMILES string of the molecule is NCCC(=O)Nc1cccc(-c2cc(-c3ccccc3O)nc(NC(=O)c3ccccc3)c2C(=O)O)c1. The van der Waals surface area contributed by atoms with Crippen molar-refractivity contribution in [2.75, 3.05) is 17.2 Å². The van der Waals surface area contributed by atoms with Gasteiger partial charge in [-0.15, -0.1) is 0 Å². The number of aromatic hydroxyl groups is 1. The molecular weight excluding hydrogens is 472 g/mol. The van der Waals surface area contributed by atoms with E-state index in [-0.39, 0.29) is 47.3 Å². The maximum absolute atomic E-state index is 12.9. The average molecular weight is 497 g/mol. The second kappa shape index (κ2) is 11.1. The van der Waals surface area contributed by atoms with Gasteiger partial charge in [-0.05, 0) is 48.0 Å². The second-order valence-electron chi connectivity index (χ2n) is 8.09. The number of carboxylic acid groups (broad SMARTS) is 1. The summed E-state index contributed by atoms with van der Waals surface area (Å²) in [5, 5.41) is 26.0. The number of nitrogens with one attached hydrogen (secondary N) is 2. The van der Waals surface area contributed by atoms with Gasteiger partial charge in [-0.25, -0.2) is 9.78 Å². The Bertz CT molecular complexity index is 1470. The minimum atomic E-state index is -1.31. The van der Waals surface area contributed by atoms with E-state index in [9.17, 15) is 24.6 Å². The lowest BCUT2D eigenvalue weighted by Gasteiger charge is -2.16. The molecular formula is C28H24N4O5. The van der Waals surface area contributed by atoms with Crippen LogP contribution in [-0.4, -0.2) is 39.5 Å². The molecule has 0 saturated heterocycles. The molecule has 0 aliphatic rings. The van der Waals surface area contributed by atoms with Gasteiger partial charge in [0.25, 0.3) is 5.91 Å². The smallest absolute Gasteiger partial charge is 0.340 e. The lowest BCUT2D eigenvalue weighted by atomic mass is 9.97. The van der Waals surface area contributed by atoms with Gasteiger partial charge in [0, 0.05) is 35.3 Å². The first-order valence-corrected chi connectivity index (χ1v) is 11.4. The van der Waals surface area contributed by atoms with Crippen LogP contribution < -0.4 is 16.4 Å². The summed E-state index contributed by atoms with van der Waals surface area (Å²) in [6.07, 6.45) is 0.132. The highest BCUT2D eigenvalue weighted by atomic mass is 16.4. The molecule has 6 N–H and O–H groups in total. The standard InChI is InChI=1S/C28H24N4O5/c29-14-13-24(34)30-19-10-6-9-18(15-19)21-16-22(20-11-4-5-12-23(20)33)31-26(25(21)28(36)37)32-27(35)17-7-2-1-3-8-17/h1-12,15-16,33H,13-14,29H2,(H,30,34)(H,36,37)(H,31,32,35). The third-order valence-corrected chi connectivity index (χ3v) is 5.51. The molecule has 4 rings (SSSR count). The van der Waals surface area contributed by atoms with Gasteiger partial charge >= 0.3 is 5.97 Å². The predicted octanol–water partition coefficient (Wildman–Crippen LogP) is 4.36. The Hall–Kier alpha value is -5.02. The molecule has 9 nitrogen and oxygen atoms in total. The highest BCUT2D eigenvalue weighted by Crippen LogP contribution is 2.36. The summed E-state index contributed by atoms with van der Waals surface area (Å²) in [6.45, 7) is 0.188. The number of amides is 2. The third kappa shape index (κ3) is 5.80. The zero-order valence-electron chi connectivity index (χ0n) is 19.6. The first-order valence-electron chi connectivity index (χ1n) is 11.4. The Kier molecular flexibility index (Phi) is 7.56. The average Bonchev–Trinajstić information content (AvgIpc) is 2.89. The minimum absolute atomic E-state index is 0.0628. The number of carbonyl (C=O) groups is 3. The number of carbonyl (C=O) groups excluding carboxylic acids is 2. The van der Waals surface area contributed by atoms with Crippen molar-refractivity contribution in [3.05, 3.63) is 96.1 Å². The van der Waals surface area contributed by atoms with E-state index < -0.39 is 11.9 Å². The number of anilines is 2. The van der Waals surface area contributed by atoms with Crippen LogP contribution >= 0.6 is 0 Å². The van der Waals surface area contributed by atoms with Crippen molar-refractivity contribution in [3.63, 3.8) is 0 Å². The fraction of sp³-hybridized carbons (Fsp3) is 0.0714. The van der Waals surface area contributed by atoms with Crippen molar-refractivity contribution in [3.8, 4) is 28.1 Å². The zero-order chi connectivity index (χ0) is 26.4. The van der Waals surface area contributed by atoms with E-state index in [0.29, 0.717) is 22.4 Å². The molecule has 0 unspecified atom stereocenters. The molecule has 186 valence electrons. The molecule has 0 atom stereocenters. The summed E-state index contributed by atoms with van der Waals surface area (Å²) in [5.41, 5.74) is 7.27. The fourth-order valence-corrected chi connectivity index (χ4v) is 3.80. The zero-order valence-corrected chi connectivity index (χ0v) is 19.6. The molecule has 1 heterocycles. The molecule has 3 aromatic carbocycles. The van der Waals surface area contributed by atoms with Gasteiger partial charge < -0.3 is 26.6 Å². The van der Waals surface area contributed by atoms with Crippen LogP contribution in [0.3, 0.4) is 0 Å². The Balaban J connectivity index is 1.89. The predicted molar refractivity (Wildman–Crippen MR) is 140 cm³/mol. The summed E-state index contributed by atoms with van der Waals surface area (Å²) in [7, 11) is 0. The first kappa shape index (κ1) is 25.1. The van der Waals surface area contributed by atoms with Gasteiger partial charge in [0.2, 0.25) is 5.91 Å². The number of para-hydroxylation sites is 1. The summed E-state index contributed by atoms with van der Waals surface area (Å²) in [6, 6.07) is 23.0. The summed E-state index contributed by atoms with van der Waals surface area (Å²) < 4.78 is 0. The summed E-state index contributed by atoms with van der Waals surface area (Å²) in [5.74, 6) is -2.38. The molecule has 37 heavy (non-hydrogen) atoms. The molecule has 0 aliphatic carbocycles. The number of hydrogen-bond acceptors (Lipinski definition) is 6. The molecule has 0 radical (unpaired) electrons. The number of phenols is 1. The van der Waals surface area contributed by atoms with E-state index in [4.69, 9.17) is 5.73 Å². The van der Waals surface area contributed by atoms with Gasteiger partial charge in [0.05, 0.1) is 5.69 Å². The van der Waals surface area contributed by atoms with Crippen molar-refractivity contribution in [2.24, 2.45) is 5.73 Å². The molecule has 0 fully saturated rings. The van der Waals surface area contributed by atoms with Gasteiger partial charge in [-0.1, -0.05) is 42.5 Å². The van der Waals surface area contributed by atoms with Crippen molar-refractivity contribution < 1.29 is 24.6 Å². The van der Waals surface area contributed by atoms with E-state index in [0.717, 1.165) is 0 Å². The van der Waals surface area contributed by atoms with Gasteiger partial charge in [-0.3, -0.25) is 9.59 Å². The van der Waals surface area contributed by atoms with Crippen LogP contribution in [0.5, 0.6) is 5.75 Å². The van der Waals surface area contributed by atoms with Gasteiger partial charge in [-0.2, -0.15) is 0 Å². The number of nitrogens with zero attached hydrogens (tertiary/aromatic N) is 1. The van der Waals surface area contributed by atoms with Gasteiger partial charge in [0.15, 0.2) is 0 Å². The molecule has 1 aromatic heterocycles. The van der Waals surface area contributed by atoms with E-state index in [1.807, 2.05) is 0 Å². The number of rotatable bonds is 8. The number of pyridine rings is 1. The van der Waals surface area contributed by atoms with E-state index in [2.05, 4.69) is 15.6 Å². The van der Waals surface area contributed by atoms with Crippen LogP contribution in [-0.2, 0) is 4.79 Å². The Morgan fingerprint density at radius 3 is 2.27 bits per heavy atom. The molecule has 0 aliphatic heterocycles. The van der Waals surface area contributed by atoms with E-state index >= 15 is 0 Å². The first-order chi connectivity index (χ1) is 17.9. The highest BCUT2D eigenvalue weighted by Gasteiger charge is 2.23. The van der Waals surface area contributed by atoms with Crippen LogP contribution in [0, 0.1) is 0 Å². The molecule has 0 bridgehead atoms. The van der Waals surface area contributed by atoms with E-state index in [1.165, 1.54) is 12.1 Å². The Labute approximate surface area is 212 Å². The van der Waals surface area contributed by atoms with Gasteiger partial charge in [0.1, 0.15) is 17.1 Å². The number of benzene rings is 3. The number of nitrogens with two attached hydrogens (primary N) is 1. The number of aromatic nitrogens is 1. The molecule has 4 aromatic rings. The van der Waals surface area contributed by atoms with Crippen molar-refractivity contribution in [1.82, 2.24) is 4.98 Å². The van der Waals surface area contributed by atoms with E-state index in [1.54, 1.807) is 72.8 Å². The fourth-order valence-electron chi connectivity index (χ4n) is 3.80. The number of aromatic carboxylic acids is 1. The minimum Gasteiger partial charge on any atom is -0.507 e. The van der Waals surface area contributed by atoms with Crippen LogP contribution in [0.2, 0.25) is 0 Å². The molecule has 0 spiro atoms. The van der Waals surface area contributed by atoms with Crippen LogP contribution in [0.25, 0.3) is 22.4 Å². The molecule has 0 saturated carbocycles. The van der Waals surface area contributed by atoms with Crippen LogP contribution in [0.1, 0.15) is 27.1 Å². The highest BCUT2D eigenvalue weighted by molar-refractivity contribution is 6.10. The summed E-state index contributed by atoms with van der Waals surface area (Å²) in [4.78, 5) is 41.9. The van der Waals surface area contributed by atoms with Crippen LogP contribution in [0.4, 0.5) is 11.5 Å². The number of hydrogen-bond donors (Lipinski definition) is 5. The van der Waals surface area contributed by atoms with Crippen molar-refractivity contribution >= 4 is 29.3 Å². The van der Waals surface area contributed by atoms with Crippen molar-refractivity contribution in [2.45, 2.75) is 6.42 Å². The lowest BCUT2D eigenvalue weighted by Crippen LogP contribution is -2.17. The Morgan fingerprint density at radius 2 is 1.57 bits per heavy atom. The maximum Gasteiger partial charge on any atom is 0.340 e. The normalized spacial score (nSPS) is 10.5. The second-order valence-corrected chi connectivity index (χ2v) is 8.09. The summed E-state index contributed by atoms with van der Waals surface area (Å²) >= 11 is 0. The maximum atomic E-state index is 12.9. The topological polar surface area (TPSA) is 155 Å². The molecule has 2 amide bonds. The monoisotopic (exact) mass is 496 g/mol. The lowest BCUT2D eigenvalue weighted by molar-refractivity contribution is -0.116. The third-order valence-electron chi connectivity index (χ3n) is 5.51. The largest absolute Gasteiger partial charge is 0.507 e. The Morgan fingerprint density at radius 1 is 0.838 bits per heavy atom. The quantitative estimate of drug-likeness (QED) is 0.243. The van der Waals surface area contributed by atoms with Crippen molar-refractivity contribution in [1.29, 1.82) is 0 Å². The number of phenolic OH excluding ortho intramolecular Hbond substituents is 1. The van der Waals surface area contributed by atoms with Crippen LogP contribution in [0.15, 0.2) is 84.9 Å². The molecule has 9 heteroatoms.